The molecule has 2 atom stereocenters. The van der Waals surface area contributed by atoms with Crippen molar-refractivity contribution in [3.05, 3.63) is 0 Å². The molecule has 0 saturated heterocycles. The third kappa shape index (κ3) is 31.5. The fourth-order valence-electron chi connectivity index (χ4n) is 6.30. The van der Waals surface area contributed by atoms with Crippen molar-refractivity contribution in [2.75, 3.05) is 13.2 Å². The second kappa shape index (κ2) is 36.7. The third-order valence-corrected chi connectivity index (χ3v) is 9.35. The van der Waals surface area contributed by atoms with Gasteiger partial charge in [0.1, 0.15) is 0 Å². The van der Waals surface area contributed by atoms with Gasteiger partial charge in [0.2, 0.25) is 0 Å². The van der Waals surface area contributed by atoms with Crippen LogP contribution in [0, 0.1) is 0 Å². The number of hydrogen-bond acceptors (Lipinski definition) is 4. The lowest BCUT2D eigenvalue weighted by atomic mass is 10.0. The minimum atomic E-state index is -1.46. The average molecular weight is 655 g/mol. The molecule has 0 aliphatic heterocycles. The molecule has 0 rings (SSSR count). The van der Waals surface area contributed by atoms with Gasteiger partial charge < -0.3 is 19.7 Å². The molecule has 274 valence electrons. The first kappa shape index (κ1) is 44.9. The molecule has 0 radical (unpaired) electrons. The Balaban J connectivity index is 3.72. The van der Waals surface area contributed by atoms with Crippen molar-refractivity contribution in [1.82, 2.24) is 0 Å². The summed E-state index contributed by atoms with van der Waals surface area (Å²) in [4.78, 5) is 23.5. The van der Waals surface area contributed by atoms with E-state index in [1.165, 1.54) is 167 Å². The first-order chi connectivity index (χ1) is 22.5. The molecule has 0 bridgehead atoms. The van der Waals surface area contributed by atoms with Gasteiger partial charge in [-0.3, -0.25) is 0 Å². The Morgan fingerprint density at radius 2 is 0.522 bits per heavy atom. The average Bonchev–Trinajstić information content (AvgIpc) is 3.04. The zero-order valence-corrected chi connectivity index (χ0v) is 30.7. The third-order valence-electron chi connectivity index (χ3n) is 9.35. The predicted octanol–water partition coefficient (Wildman–Crippen LogP) is 12.4. The molecular weight excluding hydrogens is 576 g/mol. The van der Waals surface area contributed by atoms with E-state index < -0.39 is 24.1 Å². The van der Waals surface area contributed by atoms with Crippen LogP contribution in [0.3, 0.4) is 0 Å². The lowest BCUT2D eigenvalue weighted by Gasteiger charge is -2.21. The monoisotopic (exact) mass is 655 g/mol. The summed E-state index contributed by atoms with van der Waals surface area (Å²) in [6.45, 7) is 5.04. The standard InChI is InChI=1S/C40H78O6/c1-3-5-7-9-11-13-15-17-19-21-23-25-27-29-31-33-35-45-37(39(41)42)38(40(43)44)46-36-34-32-30-28-26-24-22-20-18-16-14-12-10-8-6-4-2/h37-38H,3-36H2,1-2H3,(H,41,42)(H,43,44). The number of carbonyl (C=O) groups is 2. The van der Waals surface area contributed by atoms with Crippen molar-refractivity contribution in [2.45, 2.75) is 232 Å². The molecule has 6 heteroatoms. The molecule has 0 heterocycles. The van der Waals surface area contributed by atoms with Crippen molar-refractivity contribution in [2.24, 2.45) is 0 Å². The molecule has 0 aromatic heterocycles. The Morgan fingerprint density at radius 1 is 0.348 bits per heavy atom. The second-order valence-electron chi connectivity index (χ2n) is 13.9. The molecule has 0 aromatic carbocycles. The Morgan fingerprint density at radius 3 is 0.696 bits per heavy atom. The molecule has 2 unspecified atom stereocenters. The largest absolute Gasteiger partial charge is 0.479 e. The van der Waals surface area contributed by atoms with Gasteiger partial charge in [-0.25, -0.2) is 9.59 Å². The van der Waals surface area contributed by atoms with E-state index in [1.807, 2.05) is 0 Å². The predicted molar refractivity (Wildman–Crippen MR) is 194 cm³/mol. The van der Waals surface area contributed by atoms with E-state index in [4.69, 9.17) is 9.47 Å². The zero-order chi connectivity index (χ0) is 33.8. The summed E-state index contributed by atoms with van der Waals surface area (Å²) in [5.74, 6) is -2.54. The topological polar surface area (TPSA) is 93.1 Å². The van der Waals surface area contributed by atoms with Gasteiger partial charge in [-0.15, -0.1) is 0 Å². The Labute approximate surface area is 285 Å². The van der Waals surface area contributed by atoms with Gasteiger partial charge in [0, 0.05) is 13.2 Å². The summed E-state index contributed by atoms with van der Waals surface area (Å²) in [5.41, 5.74) is 0. The van der Waals surface area contributed by atoms with Gasteiger partial charge in [0.25, 0.3) is 0 Å². The molecule has 0 aliphatic carbocycles. The summed E-state index contributed by atoms with van der Waals surface area (Å²) in [6.07, 6.45) is 37.7. The normalized spacial score (nSPS) is 12.8. The van der Waals surface area contributed by atoms with E-state index in [1.54, 1.807) is 0 Å². The van der Waals surface area contributed by atoms with Gasteiger partial charge in [-0.1, -0.05) is 206 Å². The molecule has 46 heavy (non-hydrogen) atoms. The van der Waals surface area contributed by atoms with Crippen molar-refractivity contribution < 1.29 is 29.3 Å². The van der Waals surface area contributed by atoms with E-state index >= 15 is 0 Å². The molecule has 2 N–H and O–H groups in total. The number of hydrogen-bond donors (Lipinski definition) is 2. The van der Waals surface area contributed by atoms with Crippen LogP contribution in [0.5, 0.6) is 0 Å². The highest BCUT2D eigenvalue weighted by molar-refractivity contribution is 5.83. The van der Waals surface area contributed by atoms with Crippen molar-refractivity contribution in [3.63, 3.8) is 0 Å². The second-order valence-corrected chi connectivity index (χ2v) is 13.9. The van der Waals surface area contributed by atoms with E-state index in [0.29, 0.717) is 0 Å². The first-order valence-corrected chi connectivity index (χ1v) is 20.2. The van der Waals surface area contributed by atoms with E-state index in [-0.39, 0.29) is 13.2 Å². The Kier molecular flexibility index (Phi) is 35.8. The molecule has 0 saturated carbocycles. The maximum atomic E-state index is 11.8. The van der Waals surface area contributed by atoms with Gasteiger partial charge in [-0.2, -0.15) is 0 Å². The van der Waals surface area contributed by atoms with Gasteiger partial charge in [-0.05, 0) is 12.8 Å². The van der Waals surface area contributed by atoms with Crippen LogP contribution < -0.4 is 0 Å². The van der Waals surface area contributed by atoms with Gasteiger partial charge in [0.05, 0.1) is 0 Å². The number of carboxylic acids is 2. The minimum absolute atomic E-state index is 0.252. The molecule has 0 spiro atoms. The summed E-state index contributed by atoms with van der Waals surface area (Å²) < 4.78 is 11.0. The van der Waals surface area contributed by atoms with Gasteiger partial charge >= 0.3 is 11.9 Å². The Bertz CT molecular complexity index is 585. The highest BCUT2D eigenvalue weighted by Gasteiger charge is 2.35. The molecule has 0 amide bonds. The van der Waals surface area contributed by atoms with Gasteiger partial charge in [0.15, 0.2) is 12.2 Å². The van der Waals surface area contributed by atoms with Crippen LogP contribution in [-0.2, 0) is 19.1 Å². The minimum Gasteiger partial charge on any atom is -0.479 e. The SMILES string of the molecule is CCCCCCCCCCCCCCCCCCOC(C(=O)O)C(OCCCCCCCCCCCCCCCCCC)C(=O)O. The summed E-state index contributed by atoms with van der Waals surface area (Å²) in [5, 5.41) is 19.2. The highest BCUT2D eigenvalue weighted by Crippen LogP contribution is 2.16. The summed E-state index contributed by atoms with van der Waals surface area (Å²) >= 11 is 0. The molecule has 0 fully saturated rings. The van der Waals surface area contributed by atoms with Crippen LogP contribution in [0.15, 0.2) is 0 Å². The quantitative estimate of drug-likeness (QED) is 0.0641. The van der Waals surface area contributed by atoms with E-state index in [0.717, 1.165) is 38.5 Å². The van der Waals surface area contributed by atoms with Crippen molar-refractivity contribution in [3.8, 4) is 0 Å². The van der Waals surface area contributed by atoms with Crippen LogP contribution in [-0.4, -0.2) is 47.6 Å². The zero-order valence-electron chi connectivity index (χ0n) is 30.7. The maximum Gasteiger partial charge on any atom is 0.336 e. The molecule has 0 aliphatic rings. The maximum absolute atomic E-state index is 11.8. The van der Waals surface area contributed by atoms with Crippen LogP contribution >= 0.6 is 0 Å². The Hall–Kier alpha value is -1.14. The highest BCUT2D eigenvalue weighted by atomic mass is 16.6. The van der Waals surface area contributed by atoms with E-state index in [2.05, 4.69) is 13.8 Å². The number of carboxylic acid groups (broad SMARTS) is 2. The van der Waals surface area contributed by atoms with Crippen LogP contribution in [0.1, 0.15) is 219 Å². The van der Waals surface area contributed by atoms with Crippen LogP contribution in [0.2, 0.25) is 0 Å². The fraction of sp³-hybridized carbons (Fsp3) is 0.950. The molecular formula is C40H78O6. The summed E-state index contributed by atoms with van der Waals surface area (Å²) in [6, 6.07) is 0. The summed E-state index contributed by atoms with van der Waals surface area (Å²) in [7, 11) is 0. The number of aliphatic carboxylic acids is 2. The van der Waals surface area contributed by atoms with Crippen molar-refractivity contribution in [1.29, 1.82) is 0 Å². The van der Waals surface area contributed by atoms with Crippen LogP contribution in [0.25, 0.3) is 0 Å². The van der Waals surface area contributed by atoms with E-state index in [9.17, 15) is 19.8 Å². The van der Waals surface area contributed by atoms with Crippen molar-refractivity contribution >= 4 is 11.9 Å². The lowest BCUT2D eigenvalue weighted by molar-refractivity contribution is -0.176. The first-order valence-electron chi connectivity index (χ1n) is 20.2. The molecule has 6 nitrogen and oxygen atoms in total. The molecule has 0 aromatic rings. The number of unbranched alkanes of at least 4 members (excludes halogenated alkanes) is 30. The lowest BCUT2D eigenvalue weighted by Crippen LogP contribution is -2.44. The smallest absolute Gasteiger partial charge is 0.336 e. The van der Waals surface area contributed by atoms with Crippen LogP contribution in [0.4, 0.5) is 0 Å². The fourth-order valence-corrected chi connectivity index (χ4v) is 6.30. The number of rotatable bonds is 39. The number of ether oxygens (including phenoxy) is 2.